The van der Waals surface area contributed by atoms with Crippen LogP contribution in [0.4, 0.5) is 0 Å². The lowest BCUT2D eigenvalue weighted by Crippen LogP contribution is -2.38. The van der Waals surface area contributed by atoms with Gasteiger partial charge in [0.15, 0.2) is 14.9 Å². The van der Waals surface area contributed by atoms with Crippen molar-refractivity contribution in [2.75, 3.05) is 32.6 Å². The van der Waals surface area contributed by atoms with Gasteiger partial charge in [0.05, 0.1) is 17.1 Å². The first kappa shape index (κ1) is 24.0. The van der Waals surface area contributed by atoms with Gasteiger partial charge in [-0.25, -0.2) is 13.4 Å². The fraction of sp³-hybridized carbons (Fsp3) is 0.400. The summed E-state index contributed by atoms with van der Waals surface area (Å²) in [5.74, 6) is 0.932. The Balaban J connectivity index is 1.36. The van der Waals surface area contributed by atoms with Crippen LogP contribution in [0.1, 0.15) is 19.3 Å². The smallest absolute Gasteiger partial charge is 0.225 e. The van der Waals surface area contributed by atoms with Gasteiger partial charge in [0.25, 0.3) is 0 Å². The number of amides is 1. The molecule has 2 aliphatic rings. The highest BCUT2D eigenvalue weighted by Gasteiger charge is 2.32. The zero-order chi connectivity index (χ0) is 24.6. The molecular formula is C25H26ClN3O5S. The average molecular weight is 516 g/mol. The van der Waals surface area contributed by atoms with E-state index in [1.54, 1.807) is 12.3 Å². The highest BCUT2D eigenvalue weighted by molar-refractivity contribution is 7.90. The zero-order valence-electron chi connectivity index (χ0n) is 19.3. The number of hydrogen-bond acceptors (Lipinski definition) is 7. The van der Waals surface area contributed by atoms with E-state index in [1.165, 1.54) is 6.20 Å². The number of sulfone groups is 1. The second-order valence-corrected chi connectivity index (χ2v) is 11.4. The summed E-state index contributed by atoms with van der Waals surface area (Å²) in [5, 5.41) is 0.761. The molecule has 0 N–H and O–H groups in total. The number of halogens is 1. The summed E-state index contributed by atoms with van der Waals surface area (Å²) in [4.78, 5) is 23.3. The Hall–Kier alpha value is -2.75. The maximum atomic E-state index is 12.8. The standard InChI is InChI=1S/C25H26ClN3O5S/c1-35(31,32)24-22(26)12-17(14-28-24)20-4-8-27-23-3-2-18(13-21(20)23)34-19-5-9-29(15-19)25(30)16-6-10-33-11-7-16/h2-4,8,12-14,16,19H,5-7,9-11,15H2,1H3. The molecule has 2 aromatic heterocycles. The van der Waals surface area contributed by atoms with Crippen LogP contribution in [0.25, 0.3) is 22.0 Å². The highest BCUT2D eigenvalue weighted by Crippen LogP contribution is 2.33. The Bertz CT molecular complexity index is 1370. The third-order valence-electron chi connectivity index (χ3n) is 6.51. The van der Waals surface area contributed by atoms with Crippen LogP contribution in [-0.4, -0.2) is 67.9 Å². The van der Waals surface area contributed by atoms with E-state index >= 15 is 0 Å². The minimum absolute atomic E-state index is 0.0475. The Morgan fingerprint density at radius 2 is 1.94 bits per heavy atom. The largest absolute Gasteiger partial charge is 0.488 e. The molecule has 3 aromatic rings. The van der Waals surface area contributed by atoms with Crippen LogP contribution in [0.3, 0.4) is 0 Å². The Morgan fingerprint density at radius 3 is 2.69 bits per heavy atom. The quantitative estimate of drug-likeness (QED) is 0.510. The number of ether oxygens (including phenoxy) is 2. The van der Waals surface area contributed by atoms with Crippen molar-refractivity contribution in [3.05, 3.63) is 47.7 Å². The highest BCUT2D eigenvalue weighted by atomic mass is 35.5. The molecule has 1 unspecified atom stereocenters. The number of hydrogen-bond donors (Lipinski definition) is 0. The summed E-state index contributed by atoms with van der Waals surface area (Å²) in [5.41, 5.74) is 2.26. The van der Waals surface area contributed by atoms with Crippen molar-refractivity contribution in [2.45, 2.75) is 30.4 Å². The molecule has 0 radical (unpaired) electrons. The second-order valence-electron chi connectivity index (χ2n) is 9.02. The third kappa shape index (κ3) is 5.12. The number of pyridine rings is 2. The molecular weight excluding hydrogens is 490 g/mol. The molecule has 1 amide bonds. The number of carbonyl (C=O) groups excluding carboxylic acids is 1. The van der Waals surface area contributed by atoms with Crippen molar-refractivity contribution in [1.82, 2.24) is 14.9 Å². The summed E-state index contributed by atoms with van der Waals surface area (Å²) in [6, 6.07) is 9.11. The molecule has 2 saturated heterocycles. The topological polar surface area (TPSA) is 98.7 Å². The van der Waals surface area contributed by atoms with Crippen molar-refractivity contribution in [2.24, 2.45) is 5.92 Å². The van der Waals surface area contributed by atoms with Crippen LogP contribution < -0.4 is 4.74 Å². The molecule has 184 valence electrons. The number of benzene rings is 1. The molecule has 10 heteroatoms. The molecule has 2 fully saturated rings. The van der Waals surface area contributed by atoms with Crippen LogP contribution in [0, 0.1) is 5.92 Å². The molecule has 0 aliphatic carbocycles. The number of rotatable bonds is 5. The van der Waals surface area contributed by atoms with Crippen LogP contribution in [0.5, 0.6) is 5.75 Å². The molecule has 1 atom stereocenters. The molecule has 1 aromatic carbocycles. The first-order valence-electron chi connectivity index (χ1n) is 11.6. The zero-order valence-corrected chi connectivity index (χ0v) is 20.9. The monoisotopic (exact) mass is 515 g/mol. The average Bonchev–Trinajstić information content (AvgIpc) is 3.31. The van der Waals surface area contributed by atoms with E-state index in [4.69, 9.17) is 21.1 Å². The van der Waals surface area contributed by atoms with Gasteiger partial charge in [-0.1, -0.05) is 11.6 Å². The van der Waals surface area contributed by atoms with E-state index in [0.717, 1.165) is 42.0 Å². The van der Waals surface area contributed by atoms with Crippen LogP contribution in [-0.2, 0) is 19.4 Å². The van der Waals surface area contributed by atoms with Crippen molar-refractivity contribution in [1.29, 1.82) is 0 Å². The van der Waals surface area contributed by atoms with Crippen LogP contribution in [0.15, 0.2) is 47.8 Å². The lowest BCUT2D eigenvalue weighted by atomic mass is 9.99. The first-order chi connectivity index (χ1) is 16.8. The van der Waals surface area contributed by atoms with Gasteiger partial charge in [0.2, 0.25) is 5.91 Å². The predicted molar refractivity (Wildman–Crippen MR) is 132 cm³/mol. The van der Waals surface area contributed by atoms with Gasteiger partial charge in [-0.05, 0) is 48.7 Å². The number of carbonyl (C=O) groups is 1. The van der Waals surface area contributed by atoms with E-state index in [9.17, 15) is 13.2 Å². The SMILES string of the molecule is CS(=O)(=O)c1ncc(-c2ccnc3ccc(OC4CCN(C(=O)C5CCOCC5)C4)cc23)cc1Cl. The fourth-order valence-electron chi connectivity index (χ4n) is 4.72. The van der Waals surface area contributed by atoms with E-state index in [1.807, 2.05) is 29.2 Å². The number of aromatic nitrogens is 2. The molecule has 4 heterocycles. The van der Waals surface area contributed by atoms with Crippen molar-refractivity contribution < 1.29 is 22.7 Å². The number of nitrogens with zero attached hydrogens (tertiary/aromatic N) is 3. The van der Waals surface area contributed by atoms with Gasteiger partial charge in [-0.2, -0.15) is 0 Å². The number of likely N-dealkylation sites (tertiary alicyclic amines) is 1. The van der Waals surface area contributed by atoms with E-state index in [-0.39, 0.29) is 28.0 Å². The van der Waals surface area contributed by atoms with Crippen LogP contribution in [0.2, 0.25) is 5.02 Å². The Kier molecular flexibility index (Phi) is 6.65. The van der Waals surface area contributed by atoms with Gasteiger partial charge in [-0.3, -0.25) is 9.78 Å². The second kappa shape index (κ2) is 9.72. The molecule has 8 nitrogen and oxygen atoms in total. The molecule has 2 aliphatic heterocycles. The maximum absolute atomic E-state index is 12.8. The van der Waals surface area contributed by atoms with Gasteiger partial charge in [0.1, 0.15) is 11.9 Å². The van der Waals surface area contributed by atoms with Gasteiger partial charge in [-0.15, -0.1) is 0 Å². The minimum atomic E-state index is -3.52. The normalized spacial score (nSPS) is 19.3. The lowest BCUT2D eigenvalue weighted by Gasteiger charge is -2.26. The summed E-state index contributed by atoms with van der Waals surface area (Å²) >= 11 is 6.23. The fourth-order valence-corrected chi connectivity index (χ4v) is 5.96. The van der Waals surface area contributed by atoms with Gasteiger partial charge < -0.3 is 14.4 Å². The number of fused-ring (bicyclic) bond motifs is 1. The van der Waals surface area contributed by atoms with E-state index in [2.05, 4.69) is 9.97 Å². The summed E-state index contributed by atoms with van der Waals surface area (Å²) < 4.78 is 35.4. The Morgan fingerprint density at radius 1 is 1.14 bits per heavy atom. The minimum Gasteiger partial charge on any atom is -0.488 e. The van der Waals surface area contributed by atoms with Crippen LogP contribution >= 0.6 is 11.6 Å². The lowest BCUT2D eigenvalue weighted by molar-refractivity contribution is -0.137. The summed E-state index contributed by atoms with van der Waals surface area (Å²) in [7, 11) is -3.52. The first-order valence-corrected chi connectivity index (χ1v) is 13.8. The summed E-state index contributed by atoms with van der Waals surface area (Å²) in [6.07, 6.45) is 6.53. The van der Waals surface area contributed by atoms with E-state index in [0.29, 0.717) is 37.6 Å². The Labute approximate surface area is 209 Å². The molecule has 5 rings (SSSR count). The predicted octanol–water partition coefficient (Wildman–Crippen LogP) is 3.76. The van der Waals surface area contributed by atoms with Gasteiger partial charge in [0, 0.05) is 61.7 Å². The maximum Gasteiger partial charge on any atom is 0.225 e. The molecule has 0 saturated carbocycles. The third-order valence-corrected chi connectivity index (χ3v) is 7.94. The molecule has 0 spiro atoms. The van der Waals surface area contributed by atoms with Crippen molar-refractivity contribution in [3.8, 4) is 16.9 Å². The van der Waals surface area contributed by atoms with E-state index < -0.39 is 9.84 Å². The van der Waals surface area contributed by atoms with Gasteiger partial charge >= 0.3 is 0 Å². The van der Waals surface area contributed by atoms with Crippen molar-refractivity contribution >= 4 is 38.2 Å². The summed E-state index contributed by atoms with van der Waals surface area (Å²) in [6.45, 7) is 2.56. The molecule has 35 heavy (non-hydrogen) atoms. The molecule has 0 bridgehead atoms. The van der Waals surface area contributed by atoms with Crippen molar-refractivity contribution in [3.63, 3.8) is 0 Å².